The summed E-state index contributed by atoms with van der Waals surface area (Å²) in [6.45, 7) is 4.97. The quantitative estimate of drug-likeness (QED) is 0.850. The van der Waals surface area contributed by atoms with Crippen molar-refractivity contribution >= 4 is 5.91 Å². The van der Waals surface area contributed by atoms with Crippen LogP contribution < -0.4 is 0 Å². The molecular formula is C18H20F2N2O3. The van der Waals surface area contributed by atoms with E-state index in [2.05, 4.69) is 4.98 Å². The number of hydrogen-bond donors (Lipinski definition) is 0. The maximum Gasteiger partial charge on any atom is 0.223 e. The van der Waals surface area contributed by atoms with Crippen molar-refractivity contribution in [2.45, 2.75) is 38.9 Å². The molecule has 0 aliphatic carbocycles. The van der Waals surface area contributed by atoms with Crippen LogP contribution in [0.1, 0.15) is 26.2 Å². The van der Waals surface area contributed by atoms with Crippen molar-refractivity contribution in [1.29, 1.82) is 0 Å². The van der Waals surface area contributed by atoms with Gasteiger partial charge in [-0.2, -0.15) is 0 Å². The average molecular weight is 350 g/mol. The monoisotopic (exact) mass is 350 g/mol. The van der Waals surface area contributed by atoms with Crippen LogP contribution >= 0.6 is 0 Å². The van der Waals surface area contributed by atoms with Crippen LogP contribution in [0.2, 0.25) is 0 Å². The van der Waals surface area contributed by atoms with Gasteiger partial charge in [0.2, 0.25) is 5.91 Å². The summed E-state index contributed by atoms with van der Waals surface area (Å²) in [5, 5.41) is 0. The number of halogens is 2. The van der Waals surface area contributed by atoms with Gasteiger partial charge in [0.15, 0.2) is 11.7 Å². The lowest BCUT2D eigenvalue weighted by Crippen LogP contribution is -2.48. The maximum atomic E-state index is 13.8. The van der Waals surface area contributed by atoms with E-state index in [0.717, 1.165) is 12.1 Å². The summed E-state index contributed by atoms with van der Waals surface area (Å²) in [6.07, 6.45) is 1.78. The van der Waals surface area contributed by atoms with E-state index in [1.54, 1.807) is 4.90 Å². The van der Waals surface area contributed by atoms with Crippen LogP contribution in [-0.2, 0) is 16.0 Å². The van der Waals surface area contributed by atoms with E-state index in [9.17, 15) is 13.6 Å². The number of carbonyl (C=O) groups excluding carboxylic acids is 1. The molecule has 1 aromatic carbocycles. The van der Waals surface area contributed by atoms with Crippen LogP contribution in [0.5, 0.6) is 0 Å². The highest BCUT2D eigenvalue weighted by Gasteiger charge is 2.26. The topological polar surface area (TPSA) is 55.6 Å². The molecule has 25 heavy (non-hydrogen) atoms. The SMILES string of the molecule is C[C@H]1CN(C(=O)CCc2ncc(-c3c(F)cccc3F)o2)C[C@H](C)O1. The molecule has 3 rings (SSSR count). The van der Waals surface area contributed by atoms with Gasteiger partial charge in [-0.3, -0.25) is 4.79 Å². The summed E-state index contributed by atoms with van der Waals surface area (Å²) in [6, 6.07) is 3.60. The zero-order chi connectivity index (χ0) is 18.0. The Hall–Kier alpha value is -2.28. The Balaban J connectivity index is 1.63. The van der Waals surface area contributed by atoms with Crippen LogP contribution in [0.25, 0.3) is 11.3 Å². The fourth-order valence-electron chi connectivity index (χ4n) is 3.03. The second-order valence-corrected chi connectivity index (χ2v) is 6.27. The van der Waals surface area contributed by atoms with Gasteiger partial charge in [-0.25, -0.2) is 13.8 Å². The number of nitrogens with zero attached hydrogens (tertiary/aromatic N) is 2. The molecule has 1 fully saturated rings. The smallest absolute Gasteiger partial charge is 0.223 e. The Morgan fingerprint density at radius 1 is 1.24 bits per heavy atom. The Kier molecular flexibility index (Phi) is 5.13. The largest absolute Gasteiger partial charge is 0.441 e. The van der Waals surface area contributed by atoms with Crippen molar-refractivity contribution in [1.82, 2.24) is 9.88 Å². The molecule has 0 saturated carbocycles. The molecule has 5 nitrogen and oxygen atoms in total. The molecule has 2 atom stereocenters. The van der Waals surface area contributed by atoms with Gasteiger partial charge >= 0.3 is 0 Å². The molecule has 0 N–H and O–H groups in total. The van der Waals surface area contributed by atoms with Crippen LogP contribution in [0.3, 0.4) is 0 Å². The first kappa shape index (κ1) is 17.5. The molecular weight excluding hydrogens is 330 g/mol. The highest BCUT2D eigenvalue weighted by molar-refractivity contribution is 5.76. The maximum absolute atomic E-state index is 13.8. The molecule has 1 aliphatic heterocycles. The molecule has 1 saturated heterocycles. The minimum absolute atomic E-state index is 0.00470. The molecule has 1 amide bonds. The standard InChI is InChI=1S/C18H20F2N2O3/c1-11-9-22(10-12(2)24-11)17(23)7-6-16-21-8-15(25-16)18-13(19)4-3-5-14(18)20/h3-5,8,11-12H,6-7,9-10H2,1-2H3/t11-,12-/m0/s1. The van der Waals surface area contributed by atoms with Gasteiger partial charge in [-0.1, -0.05) is 6.07 Å². The van der Waals surface area contributed by atoms with Crippen molar-refractivity contribution in [2.75, 3.05) is 13.1 Å². The molecule has 134 valence electrons. The molecule has 0 unspecified atom stereocenters. The molecule has 0 spiro atoms. The second kappa shape index (κ2) is 7.31. The molecule has 0 radical (unpaired) electrons. The summed E-state index contributed by atoms with van der Waals surface area (Å²) in [7, 11) is 0. The van der Waals surface area contributed by atoms with Crippen LogP contribution in [0.4, 0.5) is 8.78 Å². The summed E-state index contributed by atoms with van der Waals surface area (Å²) in [5.74, 6) is -1.14. The summed E-state index contributed by atoms with van der Waals surface area (Å²) in [5.41, 5.74) is -0.247. The number of hydrogen-bond acceptors (Lipinski definition) is 4. The third-order valence-corrected chi connectivity index (χ3v) is 4.09. The Morgan fingerprint density at radius 3 is 2.52 bits per heavy atom. The third-order valence-electron chi connectivity index (χ3n) is 4.09. The summed E-state index contributed by atoms with van der Waals surface area (Å²) in [4.78, 5) is 18.1. The van der Waals surface area contributed by atoms with Crippen molar-refractivity contribution in [2.24, 2.45) is 0 Å². The molecule has 1 aliphatic rings. The Bertz CT molecular complexity index is 732. The van der Waals surface area contributed by atoms with E-state index in [4.69, 9.17) is 9.15 Å². The second-order valence-electron chi connectivity index (χ2n) is 6.27. The Labute approximate surface area is 144 Å². The number of morpholine rings is 1. The zero-order valence-electron chi connectivity index (χ0n) is 14.2. The molecule has 0 bridgehead atoms. The highest BCUT2D eigenvalue weighted by atomic mass is 19.1. The van der Waals surface area contributed by atoms with Gasteiger partial charge < -0.3 is 14.1 Å². The first-order valence-corrected chi connectivity index (χ1v) is 8.26. The number of aromatic nitrogens is 1. The summed E-state index contributed by atoms with van der Waals surface area (Å²) < 4.78 is 38.6. The van der Waals surface area contributed by atoms with Gasteiger partial charge in [0.25, 0.3) is 0 Å². The van der Waals surface area contributed by atoms with Gasteiger partial charge in [-0.05, 0) is 26.0 Å². The van der Waals surface area contributed by atoms with Crippen LogP contribution in [0.15, 0.2) is 28.8 Å². The van der Waals surface area contributed by atoms with E-state index in [1.807, 2.05) is 13.8 Å². The number of carbonyl (C=O) groups is 1. The van der Waals surface area contributed by atoms with E-state index < -0.39 is 11.6 Å². The van der Waals surface area contributed by atoms with E-state index in [-0.39, 0.29) is 48.2 Å². The predicted octanol–water partition coefficient (Wildman–Crippen LogP) is 3.19. The normalized spacial score (nSPS) is 20.7. The van der Waals surface area contributed by atoms with Gasteiger partial charge in [0, 0.05) is 25.9 Å². The van der Waals surface area contributed by atoms with E-state index >= 15 is 0 Å². The lowest BCUT2D eigenvalue weighted by atomic mass is 10.1. The molecule has 7 heteroatoms. The molecule has 1 aromatic heterocycles. The highest BCUT2D eigenvalue weighted by Crippen LogP contribution is 2.27. The lowest BCUT2D eigenvalue weighted by Gasteiger charge is -2.35. The number of oxazole rings is 1. The number of ether oxygens (including phenoxy) is 1. The van der Waals surface area contributed by atoms with Gasteiger partial charge in [0.05, 0.1) is 24.0 Å². The lowest BCUT2D eigenvalue weighted by molar-refractivity contribution is -0.143. The average Bonchev–Trinajstić information content (AvgIpc) is 3.00. The van der Waals surface area contributed by atoms with E-state index in [1.165, 1.54) is 12.3 Å². The van der Waals surface area contributed by atoms with Gasteiger partial charge in [-0.15, -0.1) is 0 Å². The van der Waals surface area contributed by atoms with Crippen molar-refractivity contribution in [3.05, 3.63) is 41.9 Å². The van der Waals surface area contributed by atoms with Crippen molar-refractivity contribution < 1.29 is 22.7 Å². The fraction of sp³-hybridized carbons (Fsp3) is 0.444. The zero-order valence-corrected chi connectivity index (χ0v) is 14.2. The number of rotatable bonds is 4. The molecule has 2 heterocycles. The minimum atomic E-state index is -0.713. The first-order chi connectivity index (χ1) is 11.9. The Morgan fingerprint density at radius 2 is 1.88 bits per heavy atom. The summed E-state index contributed by atoms with van der Waals surface area (Å²) >= 11 is 0. The van der Waals surface area contributed by atoms with Crippen LogP contribution in [-0.4, -0.2) is 41.1 Å². The number of aryl methyl sites for hydroxylation is 1. The van der Waals surface area contributed by atoms with E-state index in [0.29, 0.717) is 13.1 Å². The van der Waals surface area contributed by atoms with Crippen molar-refractivity contribution in [3.8, 4) is 11.3 Å². The van der Waals surface area contributed by atoms with Crippen LogP contribution in [0, 0.1) is 11.6 Å². The first-order valence-electron chi connectivity index (χ1n) is 8.26. The van der Waals surface area contributed by atoms with Gasteiger partial charge in [0.1, 0.15) is 11.6 Å². The number of benzene rings is 1. The fourth-order valence-corrected chi connectivity index (χ4v) is 3.03. The molecule has 2 aromatic rings. The van der Waals surface area contributed by atoms with Crippen molar-refractivity contribution in [3.63, 3.8) is 0 Å². The third kappa shape index (κ3) is 4.04. The minimum Gasteiger partial charge on any atom is -0.441 e. The number of amides is 1. The predicted molar refractivity (Wildman–Crippen MR) is 86.8 cm³/mol.